The summed E-state index contributed by atoms with van der Waals surface area (Å²) in [6, 6.07) is 3.83. The van der Waals surface area contributed by atoms with Gasteiger partial charge in [0.1, 0.15) is 0 Å². The third-order valence-corrected chi connectivity index (χ3v) is 2.31. The molecule has 2 rings (SSSR count). The zero-order valence-electron chi connectivity index (χ0n) is 7.08. The Balaban J connectivity index is 2.25. The molecule has 0 bridgehead atoms. The fourth-order valence-electron chi connectivity index (χ4n) is 1.22. The third kappa shape index (κ3) is 1.16. The van der Waals surface area contributed by atoms with Crippen LogP contribution in [0.2, 0.25) is 0 Å². The van der Waals surface area contributed by atoms with Crippen molar-refractivity contribution in [3.63, 3.8) is 0 Å². The van der Waals surface area contributed by atoms with E-state index in [2.05, 4.69) is 4.98 Å². The van der Waals surface area contributed by atoms with Gasteiger partial charge in [-0.15, -0.1) is 0 Å². The predicted molar refractivity (Wildman–Crippen MR) is 45.9 cm³/mol. The molecule has 1 saturated carbocycles. The first-order valence-corrected chi connectivity index (χ1v) is 4.04. The van der Waals surface area contributed by atoms with Gasteiger partial charge in [0.25, 0.3) is 0 Å². The molecule has 0 aliphatic heterocycles. The van der Waals surface area contributed by atoms with Crippen LogP contribution in [0, 0.1) is 0 Å². The molecule has 1 aliphatic carbocycles. The summed E-state index contributed by atoms with van der Waals surface area (Å²) in [5.41, 5.74) is 7.01. The van der Waals surface area contributed by atoms with Crippen LogP contribution in [0.4, 0.5) is 0 Å². The average molecular weight is 164 g/mol. The number of hydrogen-bond acceptors (Lipinski definition) is 3. The molecule has 2 N–H and O–H groups in total. The third-order valence-electron chi connectivity index (χ3n) is 2.31. The Bertz CT molecular complexity index is 277. The molecule has 0 amide bonds. The fourth-order valence-corrected chi connectivity index (χ4v) is 1.22. The summed E-state index contributed by atoms with van der Waals surface area (Å²) in [5.74, 6) is 0.642. The molecule has 3 nitrogen and oxygen atoms in total. The fraction of sp³-hybridized carbons (Fsp3) is 0.444. The van der Waals surface area contributed by atoms with Crippen molar-refractivity contribution in [1.82, 2.24) is 4.98 Å². The molecule has 1 heterocycles. The number of pyridine rings is 1. The Labute approximate surface area is 71.6 Å². The number of methoxy groups -OCH3 is 1. The molecule has 1 fully saturated rings. The van der Waals surface area contributed by atoms with Crippen molar-refractivity contribution in [1.29, 1.82) is 0 Å². The molecule has 0 saturated heterocycles. The van der Waals surface area contributed by atoms with Crippen LogP contribution in [-0.2, 0) is 5.54 Å². The average Bonchev–Trinajstić information content (AvgIpc) is 2.85. The van der Waals surface area contributed by atoms with Gasteiger partial charge in [-0.2, -0.15) is 0 Å². The Morgan fingerprint density at radius 3 is 2.67 bits per heavy atom. The van der Waals surface area contributed by atoms with Crippen LogP contribution in [0.5, 0.6) is 5.88 Å². The SMILES string of the molecule is COc1ccc(C2(N)CC2)cn1. The zero-order chi connectivity index (χ0) is 8.60. The summed E-state index contributed by atoms with van der Waals surface area (Å²) >= 11 is 0. The lowest BCUT2D eigenvalue weighted by Crippen LogP contribution is -2.18. The van der Waals surface area contributed by atoms with Gasteiger partial charge in [-0.3, -0.25) is 0 Å². The normalized spacial score (nSPS) is 18.8. The highest BCUT2D eigenvalue weighted by atomic mass is 16.5. The smallest absolute Gasteiger partial charge is 0.212 e. The zero-order valence-corrected chi connectivity index (χ0v) is 7.08. The van der Waals surface area contributed by atoms with E-state index in [1.54, 1.807) is 13.3 Å². The summed E-state index contributed by atoms with van der Waals surface area (Å²) in [5, 5.41) is 0. The molecule has 1 aliphatic rings. The van der Waals surface area contributed by atoms with E-state index in [-0.39, 0.29) is 5.54 Å². The van der Waals surface area contributed by atoms with Crippen LogP contribution in [-0.4, -0.2) is 12.1 Å². The Morgan fingerprint density at radius 1 is 1.50 bits per heavy atom. The number of hydrogen-bond donors (Lipinski definition) is 1. The highest BCUT2D eigenvalue weighted by Gasteiger charge is 2.40. The first kappa shape index (κ1) is 7.55. The summed E-state index contributed by atoms with van der Waals surface area (Å²) in [6.45, 7) is 0. The van der Waals surface area contributed by atoms with Gasteiger partial charge in [0.15, 0.2) is 0 Å². The van der Waals surface area contributed by atoms with E-state index in [0.29, 0.717) is 5.88 Å². The Kier molecular flexibility index (Phi) is 1.54. The second-order valence-corrected chi connectivity index (χ2v) is 3.25. The number of aromatic nitrogens is 1. The molecule has 0 atom stereocenters. The maximum atomic E-state index is 5.98. The molecule has 64 valence electrons. The lowest BCUT2D eigenvalue weighted by molar-refractivity contribution is 0.397. The maximum absolute atomic E-state index is 5.98. The Hall–Kier alpha value is -1.09. The van der Waals surface area contributed by atoms with Crippen LogP contribution in [0.3, 0.4) is 0 Å². The van der Waals surface area contributed by atoms with Crippen molar-refractivity contribution in [3.8, 4) is 5.88 Å². The molecule has 0 radical (unpaired) electrons. The van der Waals surface area contributed by atoms with E-state index in [9.17, 15) is 0 Å². The van der Waals surface area contributed by atoms with Gasteiger partial charge in [0.2, 0.25) is 5.88 Å². The van der Waals surface area contributed by atoms with Gasteiger partial charge in [-0.1, -0.05) is 6.07 Å². The van der Waals surface area contributed by atoms with Gasteiger partial charge in [0, 0.05) is 17.8 Å². The van der Waals surface area contributed by atoms with Crippen molar-refractivity contribution in [2.75, 3.05) is 7.11 Å². The summed E-state index contributed by atoms with van der Waals surface area (Å²) in [7, 11) is 1.61. The van der Waals surface area contributed by atoms with Crippen molar-refractivity contribution in [3.05, 3.63) is 23.9 Å². The lowest BCUT2D eigenvalue weighted by atomic mass is 10.1. The van der Waals surface area contributed by atoms with Gasteiger partial charge in [0.05, 0.1) is 7.11 Å². The monoisotopic (exact) mass is 164 g/mol. The van der Waals surface area contributed by atoms with Crippen LogP contribution in [0.25, 0.3) is 0 Å². The molecule has 0 spiro atoms. The molecule has 0 unspecified atom stereocenters. The van der Waals surface area contributed by atoms with Gasteiger partial charge in [-0.25, -0.2) is 4.98 Å². The maximum Gasteiger partial charge on any atom is 0.212 e. The van der Waals surface area contributed by atoms with E-state index in [1.807, 2.05) is 12.1 Å². The van der Waals surface area contributed by atoms with E-state index in [0.717, 1.165) is 18.4 Å². The molecule has 3 heteroatoms. The minimum atomic E-state index is -0.0841. The highest BCUT2D eigenvalue weighted by molar-refractivity contribution is 5.29. The number of rotatable bonds is 2. The van der Waals surface area contributed by atoms with Crippen LogP contribution in [0.1, 0.15) is 18.4 Å². The largest absolute Gasteiger partial charge is 0.481 e. The van der Waals surface area contributed by atoms with Gasteiger partial charge < -0.3 is 10.5 Å². The second-order valence-electron chi connectivity index (χ2n) is 3.25. The van der Waals surface area contributed by atoms with Crippen molar-refractivity contribution >= 4 is 0 Å². The van der Waals surface area contributed by atoms with Crippen LogP contribution < -0.4 is 10.5 Å². The summed E-state index contributed by atoms with van der Waals surface area (Å²) in [4.78, 5) is 4.10. The Morgan fingerprint density at radius 2 is 2.25 bits per heavy atom. The molecule has 0 aromatic carbocycles. The molecular weight excluding hydrogens is 152 g/mol. The van der Waals surface area contributed by atoms with Crippen molar-refractivity contribution < 1.29 is 4.74 Å². The lowest BCUT2D eigenvalue weighted by Gasteiger charge is -2.07. The first-order valence-electron chi connectivity index (χ1n) is 4.04. The van der Waals surface area contributed by atoms with Crippen LogP contribution >= 0.6 is 0 Å². The van der Waals surface area contributed by atoms with Crippen molar-refractivity contribution in [2.24, 2.45) is 5.73 Å². The van der Waals surface area contributed by atoms with E-state index in [1.165, 1.54) is 0 Å². The summed E-state index contributed by atoms with van der Waals surface area (Å²) < 4.78 is 4.95. The molecule has 12 heavy (non-hydrogen) atoms. The second kappa shape index (κ2) is 2.45. The topological polar surface area (TPSA) is 48.1 Å². The molecule has 1 aromatic heterocycles. The van der Waals surface area contributed by atoms with Gasteiger partial charge >= 0.3 is 0 Å². The van der Waals surface area contributed by atoms with E-state index >= 15 is 0 Å². The minimum absolute atomic E-state index is 0.0841. The number of nitrogens with zero attached hydrogens (tertiary/aromatic N) is 1. The predicted octanol–water partition coefficient (Wildman–Crippen LogP) is 1.04. The number of ether oxygens (including phenoxy) is 1. The minimum Gasteiger partial charge on any atom is -0.481 e. The first-order chi connectivity index (χ1) is 5.74. The van der Waals surface area contributed by atoms with Crippen molar-refractivity contribution in [2.45, 2.75) is 18.4 Å². The van der Waals surface area contributed by atoms with Gasteiger partial charge in [-0.05, 0) is 18.4 Å². The standard InChI is InChI=1S/C9H12N2O/c1-12-8-3-2-7(6-11-8)9(10)4-5-9/h2-3,6H,4-5,10H2,1H3. The summed E-state index contributed by atoms with van der Waals surface area (Å²) in [6.07, 6.45) is 3.94. The molecular formula is C9H12N2O. The van der Waals surface area contributed by atoms with Crippen LogP contribution in [0.15, 0.2) is 18.3 Å². The quantitative estimate of drug-likeness (QED) is 0.710. The highest BCUT2D eigenvalue weighted by Crippen LogP contribution is 2.42. The molecule has 1 aromatic rings. The van der Waals surface area contributed by atoms with E-state index < -0.39 is 0 Å². The van der Waals surface area contributed by atoms with E-state index in [4.69, 9.17) is 10.5 Å². The number of nitrogens with two attached hydrogens (primary N) is 1.